The van der Waals surface area contributed by atoms with Crippen molar-refractivity contribution < 1.29 is 13.5 Å². The van der Waals surface area contributed by atoms with Gasteiger partial charge in [0.25, 0.3) is 6.43 Å². The molecule has 0 fully saturated rings. The minimum Gasteiger partial charge on any atom is -0.490 e. The van der Waals surface area contributed by atoms with Gasteiger partial charge in [-0.1, -0.05) is 6.92 Å². The van der Waals surface area contributed by atoms with E-state index >= 15 is 0 Å². The molecule has 0 atom stereocenters. The van der Waals surface area contributed by atoms with Gasteiger partial charge >= 0.3 is 0 Å². The minimum atomic E-state index is -2.44. The zero-order valence-corrected chi connectivity index (χ0v) is 9.83. The molecule has 0 saturated carbocycles. The third-order valence-electron chi connectivity index (χ3n) is 1.97. The van der Waals surface area contributed by atoms with Crippen molar-refractivity contribution in [3.05, 3.63) is 6.33 Å². The lowest BCUT2D eigenvalue weighted by atomic mass is 10.4. The number of rotatable bonds is 7. The van der Waals surface area contributed by atoms with Gasteiger partial charge in [-0.3, -0.25) is 0 Å². The first-order chi connectivity index (χ1) is 8.19. The average Bonchev–Trinajstić information content (AvgIpc) is 2.33. The Labute approximate surface area is 98.6 Å². The number of ether oxygens (including phenoxy) is 1. The van der Waals surface area contributed by atoms with Crippen LogP contribution in [0.25, 0.3) is 0 Å². The Morgan fingerprint density at radius 1 is 1.29 bits per heavy atom. The molecule has 0 unspecified atom stereocenters. The lowest BCUT2D eigenvalue weighted by Crippen LogP contribution is -2.13. The predicted molar refractivity (Wildman–Crippen MR) is 61.9 cm³/mol. The van der Waals surface area contributed by atoms with Crippen molar-refractivity contribution in [3.8, 4) is 5.75 Å². The molecule has 0 radical (unpaired) electrons. The van der Waals surface area contributed by atoms with Crippen LogP contribution in [-0.4, -0.2) is 36.6 Å². The van der Waals surface area contributed by atoms with Crippen molar-refractivity contribution in [1.29, 1.82) is 0 Å². The summed E-state index contributed by atoms with van der Waals surface area (Å²) < 4.78 is 29.3. The van der Waals surface area contributed by atoms with Gasteiger partial charge in [-0.2, -0.15) is 0 Å². The van der Waals surface area contributed by atoms with Crippen molar-refractivity contribution in [2.45, 2.75) is 19.8 Å². The van der Waals surface area contributed by atoms with Crippen LogP contribution in [0.5, 0.6) is 5.75 Å². The maximum atomic E-state index is 12.1. The molecular weight excluding hydrogens is 230 g/mol. The Morgan fingerprint density at radius 2 is 1.94 bits per heavy atom. The van der Waals surface area contributed by atoms with Crippen molar-refractivity contribution in [3.63, 3.8) is 0 Å². The monoisotopic (exact) mass is 246 g/mol. The molecule has 1 heterocycles. The minimum absolute atomic E-state index is 0.265. The number of methoxy groups -OCH3 is 1. The number of halogens is 2. The maximum absolute atomic E-state index is 12.1. The summed E-state index contributed by atoms with van der Waals surface area (Å²) in [6.07, 6.45) is -0.219. The third kappa shape index (κ3) is 4.01. The average molecular weight is 246 g/mol. The van der Waals surface area contributed by atoms with Crippen molar-refractivity contribution >= 4 is 11.6 Å². The molecule has 0 spiro atoms. The van der Waals surface area contributed by atoms with E-state index in [2.05, 4.69) is 20.6 Å². The second kappa shape index (κ2) is 6.82. The number of alkyl halides is 2. The van der Waals surface area contributed by atoms with Gasteiger partial charge in [0.2, 0.25) is 5.75 Å². The maximum Gasteiger partial charge on any atom is 0.255 e. The number of anilines is 2. The second-order valence-corrected chi connectivity index (χ2v) is 3.30. The highest BCUT2D eigenvalue weighted by Gasteiger charge is 2.12. The van der Waals surface area contributed by atoms with Crippen LogP contribution in [0.4, 0.5) is 20.4 Å². The highest BCUT2D eigenvalue weighted by atomic mass is 19.3. The fourth-order valence-electron chi connectivity index (χ4n) is 1.24. The summed E-state index contributed by atoms with van der Waals surface area (Å²) in [5.74, 6) is 1.11. The molecule has 7 heteroatoms. The molecule has 0 aliphatic carbocycles. The number of hydrogen-bond acceptors (Lipinski definition) is 5. The SMILES string of the molecule is CCCNc1ncnc(NCC(F)F)c1OC. The van der Waals surface area contributed by atoms with Crippen LogP contribution in [0.2, 0.25) is 0 Å². The van der Waals surface area contributed by atoms with Crippen molar-refractivity contribution in [2.75, 3.05) is 30.8 Å². The Hall–Kier alpha value is -1.66. The number of aromatic nitrogens is 2. The molecule has 0 amide bonds. The van der Waals surface area contributed by atoms with Gasteiger partial charge in [-0.15, -0.1) is 0 Å². The quantitative estimate of drug-likeness (QED) is 0.770. The summed E-state index contributed by atoms with van der Waals surface area (Å²) in [6, 6.07) is 0. The number of nitrogens with zero attached hydrogens (tertiary/aromatic N) is 2. The van der Waals surface area contributed by atoms with Crippen LogP contribution >= 0.6 is 0 Å². The van der Waals surface area contributed by atoms with Crippen LogP contribution in [0.3, 0.4) is 0 Å². The Kier molecular flexibility index (Phi) is 5.38. The number of hydrogen-bond donors (Lipinski definition) is 2. The largest absolute Gasteiger partial charge is 0.490 e. The van der Waals surface area contributed by atoms with Gasteiger partial charge < -0.3 is 15.4 Å². The summed E-state index contributed by atoms with van der Waals surface area (Å²) in [6.45, 7) is 2.26. The van der Waals surface area contributed by atoms with E-state index in [9.17, 15) is 8.78 Å². The molecule has 5 nitrogen and oxygen atoms in total. The molecule has 17 heavy (non-hydrogen) atoms. The molecule has 1 aromatic heterocycles. The third-order valence-corrected chi connectivity index (χ3v) is 1.97. The van der Waals surface area contributed by atoms with Gasteiger partial charge in [0.05, 0.1) is 13.7 Å². The summed E-state index contributed by atoms with van der Waals surface area (Å²) in [5, 5.41) is 5.55. The van der Waals surface area contributed by atoms with E-state index in [4.69, 9.17) is 4.74 Å². The lowest BCUT2D eigenvalue weighted by molar-refractivity contribution is 0.163. The van der Waals surface area contributed by atoms with Gasteiger partial charge in [0.1, 0.15) is 6.33 Å². The van der Waals surface area contributed by atoms with Crippen molar-refractivity contribution in [2.24, 2.45) is 0 Å². The van der Waals surface area contributed by atoms with E-state index in [1.807, 2.05) is 6.92 Å². The van der Waals surface area contributed by atoms with Gasteiger partial charge in [0.15, 0.2) is 11.6 Å². The zero-order chi connectivity index (χ0) is 12.7. The van der Waals surface area contributed by atoms with Crippen LogP contribution in [0.15, 0.2) is 6.33 Å². The van der Waals surface area contributed by atoms with Crippen molar-refractivity contribution in [1.82, 2.24) is 9.97 Å². The first-order valence-electron chi connectivity index (χ1n) is 5.33. The first kappa shape index (κ1) is 13.4. The highest BCUT2D eigenvalue weighted by molar-refractivity contribution is 5.63. The van der Waals surface area contributed by atoms with E-state index in [-0.39, 0.29) is 5.82 Å². The van der Waals surface area contributed by atoms with Crippen LogP contribution in [0, 0.1) is 0 Å². The molecule has 1 aromatic rings. The van der Waals surface area contributed by atoms with Gasteiger partial charge in [-0.25, -0.2) is 18.7 Å². The summed E-state index contributed by atoms with van der Waals surface area (Å²) >= 11 is 0. The Balaban J connectivity index is 2.81. The Morgan fingerprint density at radius 3 is 2.47 bits per heavy atom. The van der Waals surface area contributed by atoms with E-state index < -0.39 is 13.0 Å². The van der Waals surface area contributed by atoms with E-state index in [0.29, 0.717) is 11.6 Å². The second-order valence-electron chi connectivity index (χ2n) is 3.30. The van der Waals surface area contributed by atoms with Crippen LogP contribution in [0.1, 0.15) is 13.3 Å². The van der Waals surface area contributed by atoms with Gasteiger partial charge in [0, 0.05) is 6.54 Å². The smallest absolute Gasteiger partial charge is 0.255 e. The predicted octanol–water partition coefficient (Wildman–Crippen LogP) is 1.98. The summed E-state index contributed by atoms with van der Waals surface area (Å²) in [4.78, 5) is 7.87. The Bertz CT molecular complexity index is 349. The van der Waals surface area contributed by atoms with Crippen LogP contribution in [-0.2, 0) is 0 Å². The highest BCUT2D eigenvalue weighted by Crippen LogP contribution is 2.28. The molecule has 0 aliphatic heterocycles. The molecule has 0 bridgehead atoms. The molecule has 1 rings (SSSR count). The van der Waals surface area contributed by atoms with Gasteiger partial charge in [-0.05, 0) is 6.42 Å². The van der Waals surface area contributed by atoms with E-state index in [1.165, 1.54) is 13.4 Å². The normalized spacial score (nSPS) is 10.4. The number of nitrogens with one attached hydrogen (secondary N) is 2. The topological polar surface area (TPSA) is 59.1 Å². The summed E-state index contributed by atoms with van der Waals surface area (Å²) in [7, 11) is 1.45. The molecule has 0 saturated heterocycles. The summed E-state index contributed by atoms with van der Waals surface area (Å²) in [5.41, 5.74) is 0. The zero-order valence-electron chi connectivity index (χ0n) is 9.83. The molecule has 96 valence electrons. The fraction of sp³-hybridized carbons (Fsp3) is 0.600. The first-order valence-corrected chi connectivity index (χ1v) is 5.33. The van der Waals surface area contributed by atoms with E-state index in [1.54, 1.807) is 0 Å². The molecule has 0 aromatic carbocycles. The fourth-order valence-corrected chi connectivity index (χ4v) is 1.24. The standard InChI is InChI=1S/C10H16F2N4O/c1-3-4-13-9-8(17-2)10(16-6-15-9)14-5-7(11)12/h6-7H,3-5H2,1-2H3,(H2,13,14,15,16). The molecule has 0 aliphatic rings. The molecule has 2 N–H and O–H groups in total. The van der Waals surface area contributed by atoms with Crippen LogP contribution < -0.4 is 15.4 Å². The molecular formula is C10H16F2N4O. The van der Waals surface area contributed by atoms with E-state index in [0.717, 1.165) is 13.0 Å². The lowest BCUT2D eigenvalue weighted by Gasteiger charge is -2.13.